The first kappa shape index (κ1) is 10.3. The lowest BCUT2D eigenvalue weighted by molar-refractivity contribution is 0.700. The maximum Gasteiger partial charge on any atom is 0.101 e. The lowest BCUT2D eigenvalue weighted by Crippen LogP contribution is -2.02. The van der Waals surface area contributed by atoms with Gasteiger partial charge in [0.25, 0.3) is 0 Å². The number of allylic oxidation sites excluding steroid dienone is 1. The van der Waals surface area contributed by atoms with Crippen LogP contribution in [0.3, 0.4) is 0 Å². The number of aryl methyl sites for hydroxylation is 1. The molecule has 0 saturated carbocycles. The highest BCUT2D eigenvalue weighted by atomic mass is 15.3. The molecule has 2 aromatic heterocycles. The van der Waals surface area contributed by atoms with E-state index in [-0.39, 0.29) is 0 Å². The van der Waals surface area contributed by atoms with Crippen LogP contribution in [-0.4, -0.2) is 14.8 Å². The lowest BCUT2D eigenvalue weighted by atomic mass is 9.95. The van der Waals surface area contributed by atoms with Gasteiger partial charge in [-0.25, -0.2) is 0 Å². The van der Waals surface area contributed by atoms with Gasteiger partial charge in [-0.1, -0.05) is 11.6 Å². The van der Waals surface area contributed by atoms with Crippen molar-refractivity contribution in [2.45, 2.75) is 19.8 Å². The number of hydrogen-bond acceptors (Lipinski definition) is 2. The Balaban J connectivity index is 2.21. The third-order valence-electron chi connectivity index (χ3n) is 3.29. The minimum Gasteiger partial charge on any atom is -0.271 e. The molecule has 0 unspecified atom stereocenters. The summed E-state index contributed by atoms with van der Waals surface area (Å²) >= 11 is 0. The summed E-state index contributed by atoms with van der Waals surface area (Å²) in [5.41, 5.74) is 6.17. The maximum atomic E-state index is 4.63. The van der Waals surface area contributed by atoms with E-state index in [2.05, 4.69) is 29.1 Å². The minimum absolute atomic E-state index is 1.05. The maximum absolute atomic E-state index is 4.63. The normalized spacial score (nSPS) is 14.4. The van der Waals surface area contributed by atoms with Crippen LogP contribution in [0.25, 0.3) is 17.3 Å². The Hall–Kier alpha value is -1.90. The van der Waals surface area contributed by atoms with Gasteiger partial charge in [-0.2, -0.15) is 5.10 Å². The van der Waals surface area contributed by atoms with Gasteiger partial charge in [-0.15, -0.1) is 0 Å². The number of aromatic nitrogens is 3. The van der Waals surface area contributed by atoms with Gasteiger partial charge < -0.3 is 0 Å². The number of nitrogens with zero attached hydrogens (tertiary/aromatic N) is 3. The topological polar surface area (TPSA) is 30.7 Å². The fraction of sp³-hybridized carbons (Fsp3) is 0.286. The molecule has 0 atom stereocenters. The van der Waals surface area contributed by atoms with Crippen LogP contribution in [0.15, 0.2) is 30.1 Å². The van der Waals surface area contributed by atoms with Gasteiger partial charge >= 0.3 is 0 Å². The first-order valence-electron chi connectivity index (χ1n) is 5.89. The predicted molar refractivity (Wildman–Crippen MR) is 68.4 cm³/mol. The van der Waals surface area contributed by atoms with Gasteiger partial charge in [0.2, 0.25) is 0 Å². The molecule has 0 radical (unpaired) electrons. The lowest BCUT2D eigenvalue weighted by Gasteiger charge is -2.11. The van der Waals surface area contributed by atoms with E-state index in [0.29, 0.717) is 0 Å². The molecule has 2 aromatic rings. The molecule has 2 heterocycles. The van der Waals surface area contributed by atoms with Crippen molar-refractivity contribution in [3.8, 4) is 11.3 Å². The Labute approximate surface area is 101 Å². The summed E-state index contributed by atoms with van der Waals surface area (Å²) in [7, 11) is 2.02. The van der Waals surface area contributed by atoms with E-state index < -0.39 is 0 Å². The van der Waals surface area contributed by atoms with Crippen LogP contribution >= 0.6 is 0 Å². The summed E-state index contributed by atoms with van der Waals surface area (Å²) in [5.74, 6) is 0. The summed E-state index contributed by atoms with van der Waals surface area (Å²) in [6.45, 7) is 2.18. The van der Waals surface area contributed by atoms with Crippen molar-refractivity contribution >= 4 is 6.08 Å². The first-order chi connectivity index (χ1) is 8.25. The van der Waals surface area contributed by atoms with Crippen LogP contribution in [0.2, 0.25) is 0 Å². The zero-order valence-corrected chi connectivity index (χ0v) is 10.1. The Morgan fingerprint density at radius 1 is 1.29 bits per heavy atom. The minimum atomic E-state index is 1.05. The van der Waals surface area contributed by atoms with E-state index in [1.54, 1.807) is 6.20 Å². The van der Waals surface area contributed by atoms with Gasteiger partial charge in [-0.3, -0.25) is 9.67 Å². The fourth-order valence-corrected chi connectivity index (χ4v) is 2.37. The standard InChI is InChI=1S/C14H15N3/c1-10-5-6-13-12(8-10)14(16-17(13)2)11-4-3-7-15-9-11/h3-4,7-9H,5-6H2,1-2H3. The molecular formula is C14H15N3. The van der Waals surface area contributed by atoms with E-state index in [1.165, 1.54) is 16.8 Å². The number of pyridine rings is 1. The molecule has 0 aliphatic heterocycles. The molecule has 86 valence electrons. The van der Waals surface area contributed by atoms with E-state index in [1.807, 2.05) is 24.0 Å². The van der Waals surface area contributed by atoms with Crippen molar-refractivity contribution in [1.82, 2.24) is 14.8 Å². The van der Waals surface area contributed by atoms with Crippen LogP contribution in [0, 0.1) is 0 Å². The molecule has 3 rings (SSSR count). The highest BCUT2D eigenvalue weighted by molar-refractivity contribution is 5.75. The van der Waals surface area contributed by atoms with Gasteiger partial charge in [0, 0.05) is 36.3 Å². The molecule has 0 spiro atoms. The van der Waals surface area contributed by atoms with Gasteiger partial charge in [0.1, 0.15) is 5.69 Å². The highest BCUT2D eigenvalue weighted by Gasteiger charge is 2.18. The fourth-order valence-electron chi connectivity index (χ4n) is 2.37. The zero-order chi connectivity index (χ0) is 11.8. The predicted octanol–water partition coefficient (Wildman–Crippen LogP) is 2.83. The van der Waals surface area contributed by atoms with Crippen molar-refractivity contribution in [2.75, 3.05) is 0 Å². The molecule has 1 aliphatic rings. The third kappa shape index (κ3) is 1.68. The molecule has 1 aliphatic carbocycles. The molecule has 0 fully saturated rings. The molecular weight excluding hydrogens is 210 g/mol. The summed E-state index contributed by atoms with van der Waals surface area (Å²) in [4.78, 5) is 4.17. The first-order valence-corrected chi connectivity index (χ1v) is 5.89. The molecule has 0 bridgehead atoms. The smallest absolute Gasteiger partial charge is 0.101 e. The molecule has 17 heavy (non-hydrogen) atoms. The largest absolute Gasteiger partial charge is 0.271 e. The quantitative estimate of drug-likeness (QED) is 0.747. The average molecular weight is 225 g/mol. The molecule has 0 amide bonds. The number of hydrogen-bond donors (Lipinski definition) is 0. The second-order valence-electron chi connectivity index (χ2n) is 4.56. The Bertz CT molecular complexity index is 579. The number of fused-ring (bicyclic) bond motifs is 1. The average Bonchev–Trinajstić information content (AvgIpc) is 2.67. The highest BCUT2D eigenvalue weighted by Crippen LogP contribution is 2.31. The van der Waals surface area contributed by atoms with E-state index in [4.69, 9.17) is 0 Å². The Morgan fingerprint density at radius 3 is 2.94 bits per heavy atom. The van der Waals surface area contributed by atoms with Crippen molar-refractivity contribution in [3.05, 3.63) is 41.4 Å². The van der Waals surface area contributed by atoms with Crippen LogP contribution in [0.1, 0.15) is 24.6 Å². The monoisotopic (exact) mass is 225 g/mol. The van der Waals surface area contributed by atoms with Crippen LogP contribution < -0.4 is 0 Å². The van der Waals surface area contributed by atoms with Gasteiger partial charge in [0.15, 0.2) is 0 Å². The second kappa shape index (κ2) is 3.84. The summed E-state index contributed by atoms with van der Waals surface area (Å²) in [5, 5.41) is 4.63. The molecule has 0 aromatic carbocycles. The van der Waals surface area contributed by atoms with Crippen molar-refractivity contribution < 1.29 is 0 Å². The third-order valence-corrected chi connectivity index (χ3v) is 3.29. The number of rotatable bonds is 1. The van der Waals surface area contributed by atoms with E-state index in [0.717, 1.165) is 24.1 Å². The summed E-state index contributed by atoms with van der Waals surface area (Å²) < 4.78 is 2.00. The van der Waals surface area contributed by atoms with Gasteiger partial charge in [-0.05, 0) is 31.9 Å². The second-order valence-corrected chi connectivity index (χ2v) is 4.56. The zero-order valence-electron chi connectivity index (χ0n) is 10.1. The van der Waals surface area contributed by atoms with Crippen LogP contribution in [0.5, 0.6) is 0 Å². The van der Waals surface area contributed by atoms with E-state index in [9.17, 15) is 0 Å². The van der Waals surface area contributed by atoms with E-state index >= 15 is 0 Å². The molecule has 0 saturated heterocycles. The molecule has 0 N–H and O–H groups in total. The van der Waals surface area contributed by atoms with Crippen molar-refractivity contribution in [2.24, 2.45) is 7.05 Å². The SMILES string of the molecule is CC1=Cc2c(-c3cccnc3)nn(C)c2CC1. The van der Waals surface area contributed by atoms with Gasteiger partial charge in [0.05, 0.1) is 0 Å². The molecule has 3 nitrogen and oxygen atoms in total. The summed E-state index contributed by atoms with van der Waals surface area (Å²) in [6.07, 6.45) is 8.15. The van der Waals surface area contributed by atoms with Crippen molar-refractivity contribution in [1.29, 1.82) is 0 Å². The Morgan fingerprint density at radius 2 is 2.18 bits per heavy atom. The van der Waals surface area contributed by atoms with Crippen LogP contribution in [-0.2, 0) is 13.5 Å². The van der Waals surface area contributed by atoms with Crippen molar-refractivity contribution in [3.63, 3.8) is 0 Å². The Kier molecular flexibility index (Phi) is 2.32. The van der Waals surface area contributed by atoms with Crippen LogP contribution in [0.4, 0.5) is 0 Å². The summed E-state index contributed by atoms with van der Waals surface area (Å²) in [6, 6.07) is 4.02. The molecule has 3 heteroatoms.